The highest BCUT2D eigenvalue weighted by Gasteiger charge is 2.73. The van der Waals surface area contributed by atoms with Crippen molar-refractivity contribution in [2.75, 3.05) is 6.61 Å². The van der Waals surface area contributed by atoms with Crippen LogP contribution in [0.3, 0.4) is 0 Å². The van der Waals surface area contributed by atoms with Gasteiger partial charge in [-0.2, -0.15) is 13.2 Å². The standard InChI is InChI=1S/C17H25F3O6/c1-9-4-5-11-15(3,21)12(22-8-16(18,19)20)23-13-17(11)10(9)6-7-14(2,24-13)25-26-17/h9-13,21H,4-8H2,1-3H3/t9-,10+,11+,12+,13-,14-,15-,17-/m1/s1. The number of alkyl halides is 3. The molecule has 0 amide bonds. The van der Waals surface area contributed by atoms with Gasteiger partial charge in [-0.25, -0.2) is 9.78 Å². The fourth-order valence-corrected chi connectivity index (χ4v) is 5.26. The summed E-state index contributed by atoms with van der Waals surface area (Å²) < 4.78 is 54.6. The molecule has 5 rings (SSSR count). The van der Waals surface area contributed by atoms with Crippen LogP contribution in [0.5, 0.6) is 0 Å². The van der Waals surface area contributed by atoms with Crippen molar-refractivity contribution in [3.63, 3.8) is 0 Å². The first kappa shape index (κ1) is 18.9. The average molecular weight is 382 g/mol. The van der Waals surface area contributed by atoms with E-state index in [0.717, 1.165) is 12.8 Å². The average Bonchev–Trinajstić information content (AvgIpc) is 2.75. The van der Waals surface area contributed by atoms with Crippen LogP contribution in [0.2, 0.25) is 0 Å². The Balaban J connectivity index is 1.70. The third-order valence-electron chi connectivity index (χ3n) is 6.55. The van der Waals surface area contributed by atoms with Crippen molar-refractivity contribution >= 4 is 0 Å². The Hall–Kier alpha value is -0.450. The SMILES string of the molecule is C[C@@H]1CC[C@H]2[C@@](C)(O)[C@@H](OCC(F)(F)F)O[C@@H]3O[C@@]4(C)CC[C@@H]1[C@]32OO4. The van der Waals surface area contributed by atoms with Crippen molar-refractivity contribution in [2.45, 2.75) is 82.2 Å². The largest absolute Gasteiger partial charge is 0.411 e. The molecule has 1 aliphatic carbocycles. The molecule has 4 aliphatic heterocycles. The first-order valence-corrected chi connectivity index (χ1v) is 9.09. The molecule has 0 radical (unpaired) electrons. The quantitative estimate of drug-likeness (QED) is 0.741. The second kappa shape index (κ2) is 5.78. The van der Waals surface area contributed by atoms with Crippen LogP contribution in [0.25, 0.3) is 0 Å². The van der Waals surface area contributed by atoms with Gasteiger partial charge < -0.3 is 19.3 Å². The van der Waals surface area contributed by atoms with Crippen LogP contribution in [0, 0.1) is 17.8 Å². The van der Waals surface area contributed by atoms with Crippen LogP contribution >= 0.6 is 0 Å². The lowest BCUT2D eigenvalue weighted by Gasteiger charge is -2.62. The maximum absolute atomic E-state index is 12.6. The molecule has 26 heavy (non-hydrogen) atoms. The minimum Gasteiger partial charge on any atom is -0.384 e. The Labute approximate surface area is 149 Å². The predicted octanol–water partition coefficient (Wildman–Crippen LogP) is 2.89. The molecule has 4 saturated heterocycles. The van der Waals surface area contributed by atoms with E-state index in [9.17, 15) is 18.3 Å². The van der Waals surface area contributed by atoms with Crippen LogP contribution in [0.15, 0.2) is 0 Å². The Bertz CT molecular complexity index is 569. The third kappa shape index (κ3) is 2.70. The molecule has 2 bridgehead atoms. The number of fused-ring (bicyclic) bond motifs is 2. The number of aliphatic hydroxyl groups is 1. The van der Waals surface area contributed by atoms with Gasteiger partial charge in [0.25, 0.3) is 0 Å². The minimum absolute atomic E-state index is 0.00520. The minimum atomic E-state index is -4.52. The summed E-state index contributed by atoms with van der Waals surface area (Å²) in [5, 5.41) is 11.1. The summed E-state index contributed by atoms with van der Waals surface area (Å²) in [5.74, 6) is -1.27. The van der Waals surface area contributed by atoms with E-state index in [0.29, 0.717) is 12.8 Å². The molecule has 0 aromatic heterocycles. The van der Waals surface area contributed by atoms with E-state index >= 15 is 0 Å². The van der Waals surface area contributed by atoms with Crippen molar-refractivity contribution < 1.29 is 42.3 Å². The van der Waals surface area contributed by atoms with Crippen molar-refractivity contribution in [1.29, 1.82) is 0 Å². The first-order chi connectivity index (χ1) is 12.0. The van der Waals surface area contributed by atoms with Crippen molar-refractivity contribution in [3.8, 4) is 0 Å². The van der Waals surface area contributed by atoms with Gasteiger partial charge in [-0.3, -0.25) is 0 Å². The third-order valence-corrected chi connectivity index (χ3v) is 6.55. The molecule has 0 unspecified atom stereocenters. The lowest BCUT2D eigenvalue weighted by atomic mass is 9.57. The molecule has 5 aliphatic rings. The maximum atomic E-state index is 12.6. The molecular weight excluding hydrogens is 357 g/mol. The topological polar surface area (TPSA) is 66.4 Å². The van der Waals surface area contributed by atoms with Gasteiger partial charge in [0.1, 0.15) is 12.2 Å². The second-order valence-electron chi connectivity index (χ2n) is 8.48. The number of rotatable bonds is 2. The summed E-state index contributed by atoms with van der Waals surface area (Å²) in [6, 6.07) is 0. The van der Waals surface area contributed by atoms with E-state index in [1.807, 2.05) is 0 Å². The predicted molar refractivity (Wildman–Crippen MR) is 80.3 cm³/mol. The van der Waals surface area contributed by atoms with E-state index in [1.165, 1.54) is 6.92 Å². The Morgan fingerprint density at radius 2 is 1.88 bits per heavy atom. The molecule has 0 aromatic rings. The molecule has 6 nitrogen and oxygen atoms in total. The molecule has 8 atom stereocenters. The van der Waals surface area contributed by atoms with Gasteiger partial charge in [-0.05, 0) is 44.9 Å². The van der Waals surface area contributed by atoms with Crippen molar-refractivity contribution in [3.05, 3.63) is 0 Å². The molecule has 1 N–H and O–H groups in total. The van der Waals surface area contributed by atoms with E-state index in [2.05, 4.69) is 6.92 Å². The summed E-state index contributed by atoms with van der Waals surface area (Å²) in [7, 11) is 0. The number of ether oxygens (including phenoxy) is 3. The van der Waals surface area contributed by atoms with Gasteiger partial charge in [-0.1, -0.05) is 6.92 Å². The van der Waals surface area contributed by atoms with Gasteiger partial charge >= 0.3 is 6.18 Å². The summed E-state index contributed by atoms with van der Waals surface area (Å²) >= 11 is 0. The smallest absolute Gasteiger partial charge is 0.384 e. The Morgan fingerprint density at radius 3 is 2.58 bits per heavy atom. The first-order valence-electron chi connectivity index (χ1n) is 9.09. The van der Waals surface area contributed by atoms with Gasteiger partial charge in [0, 0.05) is 12.3 Å². The maximum Gasteiger partial charge on any atom is 0.411 e. The molecule has 150 valence electrons. The van der Waals surface area contributed by atoms with E-state index in [4.69, 9.17) is 24.0 Å². The molecule has 4 heterocycles. The fraction of sp³-hybridized carbons (Fsp3) is 1.00. The summed E-state index contributed by atoms with van der Waals surface area (Å²) in [6.07, 6.45) is -4.23. The van der Waals surface area contributed by atoms with Gasteiger partial charge in [0.2, 0.25) is 5.79 Å². The van der Waals surface area contributed by atoms with Crippen molar-refractivity contribution in [2.24, 2.45) is 17.8 Å². The van der Waals surface area contributed by atoms with E-state index in [1.54, 1.807) is 6.92 Å². The fourth-order valence-electron chi connectivity index (χ4n) is 5.26. The highest BCUT2D eigenvalue weighted by molar-refractivity contribution is 5.13. The summed E-state index contributed by atoms with van der Waals surface area (Å²) in [5.41, 5.74) is -2.74. The molecule has 1 saturated carbocycles. The van der Waals surface area contributed by atoms with Crippen LogP contribution < -0.4 is 0 Å². The highest BCUT2D eigenvalue weighted by Crippen LogP contribution is 2.61. The number of halogens is 3. The van der Waals surface area contributed by atoms with Crippen LogP contribution in [0.1, 0.15) is 46.5 Å². The van der Waals surface area contributed by atoms with Crippen LogP contribution in [-0.2, 0) is 24.0 Å². The Kier molecular flexibility index (Phi) is 4.20. The van der Waals surface area contributed by atoms with Gasteiger partial charge in [0.15, 0.2) is 18.2 Å². The monoisotopic (exact) mass is 382 g/mol. The zero-order valence-corrected chi connectivity index (χ0v) is 15.0. The molecule has 5 fully saturated rings. The van der Waals surface area contributed by atoms with E-state index in [-0.39, 0.29) is 11.8 Å². The molecule has 1 spiro atoms. The highest BCUT2D eigenvalue weighted by atomic mass is 19.4. The summed E-state index contributed by atoms with van der Waals surface area (Å²) in [4.78, 5) is 11.4. The molecule has 0 aromatic carbocycles. The Morgan fingerprint density at radius 1 is 1.15 bits per heavy atom. The second-order valence-corrected chi connectivity index (χ2v) is 8.48. The molecular formula is C17H25F3O6. The van der Waals surface area contributed by atoms with Crippen LogP contribution in [0.4, 0.5) is 13.2 Å². The molecule has 9 heteroatoms. The number of hydrogen-bond acceptors (Lipinski definition) is 6. The van der Waals surface area contributed by atoms with Gasteiger partial charge in [0.05, 0.1) is 0 Å². The van der Waals surface area contributed by atoms with Crippen LogP contribution in [-0.4, -0.2) is 47.5 Å². The lowest BCUT2D eigenvalue weighted by molar-refractivity contribution is -0.584. The lowest BCUT2D eigenvalue weighted by Crippen LogP contribution is -2.75. The zero-order chi connectivity index (χ0) is 19.0. The van der Waals surface area contributed by atoms with Gasteiger partial charge in [-0.15, -0.1) is 0 Å². The van der Waals surface area contributed by atoms with Crippen molar-refractivity contribution in [1.82, 2.24) is 0 Å². The normalized spacial score (nSPS) is 53.9. The number of hydrogen-bond donors (Lipinski definition) is 1. The zero-order valence-electron chi connectivity index (χ0n) is 15.0. The van der Waals surface area contributed by atoms with E-state index < -0.39 is 48.3 Å². The summed E-state index contributed by atoms with van der Waals surface area (Å²) in [6.45, 7) is 3.77.